The second-order valence-corrected chi connectivity index (χ2v) is 8.72. The Morgan fingerprint density at radius 3 is 2.65 bits per heavy atom. The predicted molar refractivity (Wildman–Crippen MR) is 116 cm³/mol. The third-order valence-corrected chi connectivity index (χ3v) is 5.92. The van der Waals surface area contributed by atoms with Gasteiger partial charge in [0, 0.05) is 36.3 Å². The number of nitrogens with zero attached hydrogens (tertiary/aromatic N) is 2. The first-order valence-electron chi connectivity index (χ1n) is 10.6. The highest BCUT2D eigenvalue weighted by molar-refractivity contribution is 9.10. The zero-order valence-electron chi connectivity index (χ0n) is 17.2. The highest BCUT2D eigenvalue weighted by Crippen LogP contribution is 2.19. The Hall–Kier alpha value is -2.23. The number of nitrogens with one attached hydrogen (secondary N) is 1. The number of hydrogen-bond donors (Lipinski definition) is 1. The Morgan fingerprint density at radius 1 is 1.16 bits per heavy atom. The fourth-order valence-corrected chi connectivity index (χ4v) is 4.21. The van der Waals surface area contributed by atoms with Crippen molar-refractivity contribution in [1.82, 2.24) is 15.2 Å². The van der Waals surface area contributed by atoms with E-state index >= 15 is 0 Å². The molecule has 3 heterocycles. The van der Waals surface area contributed by atoms with E-state index in [1.807, 2.05) is 12.1 Å². The number of amides is 2. The molecule has 2 fully saturated rings. The van der Waals surface area contributed by atoms with E-state index in [9.17, 15) is 9.59 Å². The van der Waals surface area contributed by atoms with Gasteiger partial charge in [0.25, 0.3) is 11.8 Å². The quantitative estimate of drug-likeness (QED) is 0.609. The van der Waals surface area contributed by atoms with Crippen LogP contribution in [0.25, 0.3) is 0 Å². The molecule has 31 heavy (non-hydrogen) atoms. The van der Waals surface area contributed by atoms with Gasteiger partial charge in [-0.1, -0.05) is 22.0 Å². The van der Waals surface area contributed by atoms with Crippen molar-refractivity contribution in [2.24, 2.45) is 0 Å². The fourth-order valence-electron chi connectivity index (χ4n) is 3.81. The Kier molecular flexibility index (Phi) is 7.37. The molecule has 2 aliphatic rings. The minimum absolute atomic E-state index is 0.0137. The van der Waals surface area contributed by atoms with Crippen molar-refractivity contribution in [2.75, 3.05) is 26.3 Å². The second-order valence-electron chi connectivity index (χ2n) is 7.80. The molecule has 2 unspecified atom stereocenters. The standard InChI is InChI=1S/C22H26BrN3O5/c23-16-5-1-4-15(10-16)22(28)26(12-18-7-3-9-30-18)13-20-25-19(14-31-20)21(27)24-11-17-6-2-8-29-17/h1,4-5,10,14,17-18H,2-3,6-9,11-13H2,(H,24,27). The van der Waals surface area contributed by atoms with Crippen LogP contribution in [-0.4, -0.2) is 60.2 Å². The van der Waals surface area contributed by atoms with E-state index in [-0.39, 0.29) is 36.3 Å². The summed E-state index contributed by atoms with van der Waals surface area (Å²) < 4.78 is 17.6. The van der Waals surface area contributed by atoms with Crippen LogP contribution in [0.3, 0.4) is 0 Å². The topological polar surface area (TPSA) is 93.9 Å². The molecule has 0 saturated carbocycles. The van der Waals surface area contributed by atoms with Crippen molar-refractivity contribution in [3.05, 3.63) is 52.1 Å². The van der Waals surface area contributed by atoms with E-state index in [4.69, 9.17) is 13.9 Å². The van der Waals surface area contributed by atoms with Crippen LogP contribution in [0.1, 0.15) is 52.4 Å². The normalized spacial score (nSPS) is 20.7. The van der Waals surface area contributed by atoms with E-state index in [2.05, 4.69) is 26.2 Å². The average molecular weight is 492 g/mol. The van der Waals surface area contributed by atoms with Gasteiger partial charge in [0.15, 0.2) is 5.69 Å². The fraction of sp³-hybridized carbons (Fsp3) is 0.500. The van der Waals surface area contributed by atoms with Crippen LogP contribution >= 0.6 is 15.9 Å². The number of rotatable bonds is 8. The number of hydrogen-bond acceptors (Lipinski definition) is 6. The summed E-state index contributed by atoms with van der Waals surface area (Å²) in [6.07, 6.45) is 5.22. The van der Waals surface area contributed by atoms with E-state index in [1.165, 1.54) is 6.26 Å². The Balaban J connectivity index is 1.42. The van der Waals surface area contributed by atoms with Crippen molar-refractivity contribution in [3.63, 3.8) is 0 Å². The Labute approximate surface area is 189 Å². The average Bonchev–Trinajstić information content (AvgIpc) is 3.54. The summed E-state index contributed by atoms with van der Waals surface area (Å²) in [4.78, 5) is 31.5. The SMILES string of the molecule is O=C(NCC1CCCO1)c1coc(CN(CC2CCCO2)C(=O)c2cccc(Br)c2)n1. The number of halogens is 1. The lowest BCUT2D eigenvalue weighted by Crippen LogP contribution is -2.37. The van der Waals surface area contributed by atoms with Crippen LogP contribution < -0.4 is 5.32 Å². The molecule has 4 rings (SSSR count). The third-order valence-electron chi connectivity index (χ3n) is 5.43. The maximum atomic E-state index is 13.2. The van der Waals surface area contributed by atoms with Gasteiger partial charge in [-0.3, -0.25) is 9.59 Å². The molecule has 2 atom stereocenters. The van der Waals surface area contributed by atoms with Gasteiger partial charge >= 0.3 is 0 Å². The van der Waals surface area contributed by atoms with Gasteiger partial charge in [0.1, 0.15) is 6.26 Å². The highest BCUT2D eigenvalue weighted by atomic mass is 79.9. The lowest BCUT2D eigenvalue weighted by Gasteiger charge is -2.24. The van der Waals surface area contributed by atoms with Gasteiger partial charge in [0.2, 0.25) is 5.89 Å². The molecule has 1 N–H and O–H groups in total. The third kappa shape index (κ3) is 5.93. The second kappa shape index (κ2) is 10.4. The zero-order chi connectivity index (χ0) is 21.6. The molecule has 2 aliphatic heterocycles. The number of carbonyl (C=O) groups excluding carboxylic acids is 2. The number of benzene rings is 1. The largest absolute Gasteiger partial charge is 0.446 e. The summed E-state index contributed by atoms with van der Waals surface area (Å²) >= 11 is 3.41. The molecule has 166 valence electrons. The molecule has 8 nitrogen and oxygen atoms in total. The Morgan fingerprint density at radius 2 is 1.94 bits per heavy atom. The molecule has 0 aliphatic carbocycles. The lowest BCUT2D eigenvalue weighted by molar-refractivity contribution is 0.0487. The minimum atomic E-state index is -0.311. The maximum absolute atomic E-state index is 13.2. The first kappa shape index (κ1) is 22.0. The number of aromatic nitrogens is 1. The maximum Gasteiger partial charge on any atom is 0.273 e. The summed E-state index contributed by atoms with van der Waals surface area (Å²) in [5.74, 6) is -0.141. The summed E-state index contributed by atoms with van der Waals surface area (Å²) in [5.41, 5.74) is 0.758. The molecular weight excluding hydrogens is 466 g/mol. The summed E-state index contributed by atoms with van der Waals surface area (Å²) in [5, 5.41) is 2.83. The van der Waals surface area contributed by atoms with E-state index < -0.39 is 0 Å². The Bertz CT molecular complexity index is 906. The molecule has 2 aromatic rings. The smallest absolute Gasteiger partial charge is 0.273 e. The van der Waals surface area contributed by atoms with Gasteiger partial charge < -0.3 is 24.1 Å². The number of ether oxygens (including phenoxy) is 2. The van der Waals surface area contributed by atoms with Crippen molar-refractivity contribution in [3.8, 4) is 0 Å². The summed E-state index contributed by atoms with van der Waals surface area (Å²) in [6, 6.07) is 7.25. The van der Waals surface area contributed by atoms with Crippen molar-refractivity contribution in [1.29, 1.82) is 0 Å². The van der Waals surface area contributed by atoms with Crippen LogP contribution in [0.5, 0.6) is 0 Å². The molecule has 1 aromatic carbocycles. The van der Waals surface area contributed by atoms with Crippen molar-refractivity contribution in [2.45, 2.75) is 44.4 Å². The first-order chi connectivity index (χ1) is 15.1. The minimum Gasteiger partial charge on any atom is -0.446 e. The lowest BCUT2D eigenvalue weighted by atomic mass is 10.1. The van der Waals surface area contributed by atoms with Gasteiger partial charge in [-0.25, -0.2) is 4.98 Å². The van der Waals surface area contributed by atoms with E-state index in [0.29, 0.717) is 31.2 Å². The highest BCUT2D eigenvalue weighted by Gasteiger charge is 2.26. The molecule has 0 bridgehead atoms. The molecule has 9 heteroatoms. The molecule has 2 saturated heterocycles. The van der Waals surface area contributed by atoms with Gasteiger partial charge in [-0.15, -0.1) is 0 Å². The van der Waals surface area contributed by atoms with E-state index in [0.717, 1.165) is 36.8 Å². The van der Waals surface area contributed by atoms with Crippen LogP contribution in [0, 0.1) is 0 Å². The summed E-state index contributed by atoms with van der Waals surface area (Å²) in [7, 11) is 0. The summed E-state index contributed by atoms with van der Waals surface area (Å²) in [6.45, 7) is 2.49. The monoisotopic (exact) mass is 491 g/mol. The molecule has 0 radical (unpaired) electrons. The van der Waals surface area contributed by atoms with Crippen LogP contribution in [0.2, 0.25) is 0 Å². The van der Waals surface area contributed by atoms with E-state index in [1.54, 1.807) is 17.0 Å². The number of carbonyl (C=O) groups is 2. The van der Waals surface area contributed by atoms with Gasteiger partial charge in [0.05, 0.1) is 18.8 Å². The van der Waals surface area contributed by atoms with Gasteiger partial charge in [-0.05, 0) is 43.9 Å². The molecular formula is C22H26BrN3O5. The molecule has 1 aromatic heterocycles. The predicted octanol–water partition coefficient (Wildman–Crippen LogP) is 3.17. The first-order valence-corrected chi connectivity index (χ1v) is 11.4. The molecule has 2 amide bonds. The van der Waals surface area contributed by atoms with Crippen LogP contribution in [0.15, 0.2) is 39.4 Å². The van der Waals surface area contributed by atoms with Crippen molar-refractivity contribution >= 4 is 27.7 Å². The van der Waals surface area contributed by atoms with Gasteiger partial charge in [-0.2, -0.15) is 0 Å². The zero-order valence-corrected chi connectivity index (χ0v) is 18.8. The molecule has 0 spiro atoms. The van der Waals surface area contributed by atoms with Crippen molar-refractivity contribution < 1.29 is 23.5 Å². The van der Waals surface area contributed by atoms with Crippen LogP contribution in [0.4, 0.5) is 0 Å². The number of oxazole rings is 1. The van der Waals surface area contributed by atoms with Crippen LogP contribution in [-0.2, 0) is 16.0 Å².